The van der Waals surface area contributed by atoms with Crippen LogP contribution in [0.3, 0.4) is 0 Å². The Morgan fingerprint density at radius 3 is 2.69 bits per heavy atom. The van der Waals surface area contributed by atoms with E-state index in [4.69, 9.17) is 15.6 Å². The normalized spacial score (nSPS) is 14.2. The van der Waals surface area contributed by atoms with Crippen LogP contribution in [-0.4, -0.2) is 23.7 Å². The lowest BCUT2D eigenvalue weighted by Crippen LogP contribution is -2.37. The summed E-state index contributed by atoms with van der Waals surface area (Å²) in [5.41, 5.74) is 5.31. The Bertz CT molecular complexity index is 404. The van der Waals surface area contributed by atoms with Gasteiger partial charge in [-0.2, -0.15) is 0 Å². The van der Waals surface area contributed by atoms with Crippen LogP contribution in [0, 0.1) is 10.1 Å². The zero-order valence-electron chi connectivity index (χ0n) is 9.14. The molecule has 0 saturated heterocycles. The van der Waals surface area contributed by atoms with Gasteiger partial charge in [0.15, 0.2) is 0 Å². The third-order valence-electron chi connectivity index (χ3n) is 2.34. The molecule has 88 valence electrons. The fraction of sp³-hybridized carbons (Fsp3) is 0.400. The van der Waals surface area contributed by atoms with Crippen LogP contribution in [0.4, 0.5) is 5.69 Å². The summed E-state index contributed by atoms with van der Waals surface area (Å²) in [5, 5.41) is 19.7. The van der Waals surface area contributed by atoms with Crippen molar-refractivity contribution in [1.29, 1.82) is 0 Å². The van der Waals surface area contributed by atoms with E-state index in [1.54, 1.807) is 6.92 Å². The molecule has 3 N–H and O–H groups in total. The highest BCUT2D eigenvalue weighted by Crippen LogP contribution is 2.31. The summed E-state index contributed by atoms with van der Waals surface area (Å²) in [6, 6.07) is 4.11. The zero-order valence-corrected chi connectivity index (χ0v) is 9.14. The Labute approximate surface area is 92.8 Å². The van der Waals surface area contributed by atoms with Crippen molar-refractivity contribution >= 4 is 5.69 Å². The minimum atomic E-state index is -0.986. The molecule has 1 unspecified atom stereocenters. The van der Waals surface area contributed by atoms with Crippen molar-refractivity contribution in [3.8, 4) is 5.75 Å². The van der Waals surface area contributed by atoms with Crippen molar-refractivity contribution in [3.05, 3.63) is 33.9 Å². The Morgan fingerprint density at radius 2 is 2.25 bits per heavy atom. The molecule has 0 aliphatic heterocycles. The average molecular weight is 226 g/mol. The number of nitro benzene ring substituents is 1. The van der Waals surface area contributed by atoms with E-state index in [2.05, 4.69) is 0 Å². The van der Waals surface area contributed by atoms with Gasteiger partial charge in [-0.05, 0) is 13.0 Å². The number of rotatable bonds is 4. The van der Waals surface area contributed by atoms with Crippen LogP contribution < -0.4 is 10.5 Å². The topological polar surface area (TPSA) is 98.6 Å². The van der Waals surface area contributed by atoms with E-state index in [-0.39, 0.29) is 12.3 Å². The molecule has 0 spiro atoms. The standard InChI is InChI=1S/C10H14N2O4/c1-10(11,6-13)8-4-3-7(12(14)15)5-9(8)16-2/h3-5,13H,6,11H2,1-2H3. The van der Waals surface area contributed by atoms with Crippen LogP contribution >= 0.6 is 0 Å². The molecule has 1 aromatic carbocycles. The smallest absolute Gasteiger partial charge is 0.273 e. The number of nitrogens with two attached hydrogens (primary N) is 1. The molecule has 6 nitrogen and oxygen atoms in total. The summed E-state index contributed by atoms with van der Waals surface area (Å²) in [6.45, 7) is 1.35. The molecular weight excluding hydrogens is 212 g/mol. The van der Waals surface area contributed by atoms with Crippen molar-refractivity contribution in [2.24, 2.45) is 5.73 Å². The van der Waals surface area contributed by atoms with Crippen molar-refractivity contribution in [1.82, 2.24) is 0 Å². The predicted molar refractivity (Wildman–Crippen MR) is 58.3 cm³/mol. The summed E-state index contributed by atoms with van der Waals surface area (Å²) in [6.07, 6.45) is 0. The maximum absolute atomic E-state index is 10.6. The second-order valence-corrected chi connectivity index (χ2v) is 3.72. The molecule has 0 radical (unpaired) electrons. The second kappa shape index (κ2) is 4.46. The highest BCUT2D eigenvalue weighted by Gasteiger charge is 2.25. The van der Waals surface area contributed by atoms with E-state index in [0.29, 0.717) is 11.3 Å². The summed E-state index contributed by atoms with van der Waals surface area (Å²) < 4.78 is 5.03. The lowest BCUT2D eigenvalue weighted by molar-refractivity contribution is -0.385. The fourth-order valence-electron chi connectivity index (χ4n) is 1.35. The van der Waals surface area contributed by atoms with Crippen LogP contribution in [0.1, 0.15) is 12.5 Å². The van der Waals surface area contributed by atoms with E-state index in [0.717, 1.165) is 0 Å². The third-order valence-corrected chi connectivity index (χ3v) is 2.34. The number of benzene rings is 1. The first-order chi connectivity index (χ1) is 7.42. The van der Waals surface area contributed by atoms with Gasteiger partial charge in [-0.1, -0.05) is 0 Å². The van der Waals surface area contributed by atoms with Gasteiger partial charge in [0.2, 0.25) is 0 Å². The van der Waals surface area contributed by atoms with Crippen LogP contribution in [-0.2, 0) is 5.54 Å². The van der Waals surface area contributed by atoms with Gasteiger partial charge in [-0.25, -0.2) is 0 Å². The van der Waals surface area contributed by atoms with Crippen LogP contribution in [0.2, 0.25) is 0 Å². The van der Waals surface area contributed by atoms with E-state index in [1.165, 1.54) is 25.3 Å². The van der Waals surface area contributed by atoms with Crippen LogP contribution in [0.15, 0.2) is 18.2 Å². The maximum Gasteiger partial charge on any atom is 0.273 e. The Hall–Kier alpha value is -1.66. The number of hydrogen-bond donors (Lipinski definition) is 2. The molecule has 0 saturated carbocycles. The third kappa shape index (κ3) is 2.29. The van der Waals surface area contributed by atoms with E-state index in [9.17, 15) is 10.1 Å². The number of nitrogens with zero attached hydrogens (tertiary/aromatic N) is 1. The quantitative estimate of drug-likeness (QED) is 0.583. The highest BCUT2D eigenvalue weighted by molar-refractivity contribution is 5.47. The number of hydrogen-bond acceptors (Lipinski definition) is 5. The minimum Gasteiger partial charge on any atom is -0.496 e. The Kier molecular flexibility index (Phi) is 3.46. The van der Waals surface area contributed by atoms with Gasteiger partial charge in [0.1, 0.15) is 5.75 Å². The summed E-state index contributed by atoms with van der Waals surface area (Å²) >= 11 is 0. The molecule has 0 aliphatic rings. The first-order valence-corrected chi connectivity index (χ1v) is 4.65. The number of aliphatic hydroxyl groups is 1. The number of ether oxygens (including phenoxy) is 1. The van der Waals surface area contributed by atoms with Crippen LogP contribution in [0.25, 0.3) is 0 Å². The van der Waals surface area contributed by atoms with Gasteiger partial charge in [0.05, 0.1) is 30.2 Å². The predicted octanol–water partition coefficient (Wildman–Crippen LogP) is 0.770. The molecule has 0 amide bonds. The molecule has 1 rings (SSSR count). The minimum absolute atomic E-state index is 0.0747. The monoisotopic (exact) mass is 226 g/mol. The first-order valence-electron chi connectivity index (χ1n) is 4.65. The van der Waals surface area contributed by atoms with Gasteiger partial charge in [0.25, 0.3) is 5.69 Å². The van der Waals surface area contributed by atoms with Crippen molar-refractivity contribution in [3.63, 3.8) is 0 Å². The van der Waals surface area contributed by atoms with Gasteiger partial charge < -0.3 is 15.6 Å². The number of methoxy groups -OCH3 is 1. The van der Waals surface area contributed by atoms with Crippen molar-refractivity contribution in [2.45, 2.75) is 12.5 Å². The van der Waals surface area contributed by atoms with E-state index >= 15 is 0 Å². The lowest BCUT2D eigenvalue weighted by atomic mass is 9.93. The highest BCUT2D eigenvalue weighted by atomic mass is 16.6. The number of nitro groups is 1. The number of non-ortho nitro benzene ring substituents is 1. The van der Waals surface area contributed by atoms with Gasteiger partial charge in [0, 0.05) is 11.6 Å². The van der Waals surface area contributed by atoms with Gasteiger partial charge >= 0.3 is 0 Å². The van der Waals surface area contributed by atoms with E-state index < -0.39 is 10.5 Å². The van der Waals surface area contributed by atoms with Gasteiger partial charge in [-0.3, -0.25) is 10.1 Å². The van der Waals surface area contributed by atoms with Crippen molar-refractivity contribution < 1.29 is 14.8 Å². The molecule has 0 fully saturated rings. The Morgan fingerprint density at radius 1 is 1.62 bits per heavy atom. The molecule has 16 heavy (non-hydrogen) atoms. The van der Waals surface area contributed by atoms with Crippen molar-refractivity contribution in [2.75, 3.05) is 13.7 Å². The largest absolute Gasteiger partial charge is 0.496 e. The molecular formula is C10H14N2O4. The fourth-order valence-corrected chi connectivity index (χ4v) is 1.35. The Balaban J connectivity index is 3.27. The molecule has 0 aliphatic carbocycles. The number of aliphatic hydroxyl groups excluding tert-OH is 1. The first kappa shape index (κ1) is 12.4. The molecule has 0 aromatic heterocycles. The molecule has 6 heteroatoms. The second-order valence-electron chi connectivity index (χ2n) is 3.72. The molecule has 0 bridgehead atoms. The van der Waals surface area contributed by atoms with Crippen LogP contribution in [0.5, 0.6) is 5.75 Å². The lowest BCUT2D eigenvalue weighted by Gasteiger charge is -2.24. The van der Waals surface area contributed by atoms with Gasteiger partial charge in [-0.15, -0.1) is 0 Å². The van der Waals surface area contributed by atoms with E-state index in [1.807, 2.05) is 0 Å². The summed E-state index contributed by atoms with van der Waals surface area (Å²) in [4.78, 5) is 10.1. The molecule has 0 heterocycles. The summed E-state index contributed by atoms with van der Waals surface area (Å²) in [5.74, 6) is 0.299. The zero-order chi connectivity index (χ0) is 12.3. The average Bonchev–Trinajstić information content (AvgIpc) is 2.28. The molecule has 1 aromatic rings. The molecule has 1 atom stereocenters. The maximum atomic E-state index is 10.6. The summed E-state index contributed by atoms with van der Waals surface area (Å²) in [7, 11) is 1.40. The SMILES string of the molecule is COc1cc([N+](=O)[O-])ccc1C(C)(N)CO.